The highest BCUT2D eigenvalue weighted by molar-refractivity contribution is 4.65. The van der Waals surface area contributed by atoms with Crippen LogP contribution in [0, 0.1) is 0 Å². The molecule has 0 amide bonds. The summed E-state index contributed by atoms with van der Waals surface area (Å²) in [5, 5.41) is 0. The number of hydrogen-bond acceptors (Lipinski definition) is 1. The second-order valence-electron chi connectivity index (χ2n) is 2.62. The molecule has 0 spiro atoms. The van der Waals surface area contributed by atoms with E-state index >= 15 is 0 Å². The summed E-state index contributed by atoms with van der Waals surface area (Å²) < 4.78 is 5.12. The van der Waals surface area contributed by atoms with Crippen molar-refractivity contribution < 1.29 is 9.64 Å². The van der Waals surface area contributed by atoms with E-state index in [2.05, 4.69) is 13.8 Å². The van der Waals surface area contributed by atoms with Crippen molar-refractivity contribution >= 4 is 0 Å². The number of ether oxygens (including phenoxy) is 1. The molecule has 54 valence electrons. The molecule has 0 bridgehead atoms. The van der Waals surface area contributed by atoms with Crippen molar-refractivity contribution in [3.63, 3.8) is 0 Å². The standard InChI is InChI=1S/C7H15NO/c1-3-8(4-2)5-7-6-9-7/h7H,3-6H2,1-2H3/p+1/t7-/m0/s1. The van der Waals surface area contributed by atoms with Gasteiger partial charge in [-0.25, -0.2) is 0 Å². The van der Waals surface area contributed by atoms with E-state index in [4.69, 9.17) is 4.74 Å². The van der Waals surface area contributed by atoms with Crippen LogP contribution in [0.1, 0.15) is 13.8 Å². The Kier molecular flexibility index (Phi) is 2.49. The van der Waals surface area contributed by atoms with E-state index in [0.717, 1.165) is 6.61 Å². The topological polar surface area (TPSA) is 17.0 Å². The molecule has 2 nitrogen and oxygen atoms in total. The SMILES string of the molecule is CC[NH+](CC)C[C@H]1CO1. The summed E-state index contributed by atoms with van der Waals surface area (Å²) in [6.07, 6.45) is 0.597. The van der Waals surface area contributed by atoms with Gasteiger partial charge in [0.05, 0.1) is 19.7 Å². The van der Waals surface area contributed by atoms with Crippen LogP contribution in [0.2, 0.25) is 0 Å². The number of quaternary nitrogens is 1. The molecule has 1 heterocycles. The lowest BCUT2D eigenvalue weighted by Gasteiger charge is -2.12. The molecule has 0 saturated carbocycles. The van der Waals surface area contributed by atoms with Crippen LogP contribution in [0.25, 0.3) is 0 Å². The van der Waals surface area contributed by atoms with E-state index in [1.165, 1.54) is 19.6 Å². The third kappa shape index (κ3) is 2.33. The molecule has 0 unspecified atom stereocenters. The first-order chi connectivity index (χ1) is 4.36. The number of epoxide rings is 1. The first-order valence-corrected chi connectivity index (χ1v) is 3.82. The zero-order valence-electron chi connectivity index (χ0n) is 6.31. The third-order valence-electron chi connectivity index (χ3n) is 1.92. The normalized spacial score (nSPS) is 25.0. The van der Waals surface area contributed by atoms with Gasteiger partial charge in [-0.2, -0.15) is 0 Å². The molecule has 1 atom stereocenters. The Morgan fingerprint density at radius 2 is 2.00 bits per heavy atom. The lowest BCUT2D eigenvalue weighted by atomic mass is 10.4. The summed E-state index contributed by atoms with van der Waals surface area (Å²) in [6.45, 7) is 9.13. The summed E-state index contributed by atoms with van der Waals surface area (Å²) in [4.78, 5) is 1.65. The van der Waals surface area contributed by atoms with Gasteiger partial charge in [0, 0.05) is 0 Å². The Morgan fingerprint density at radius 3 is 2.33 bits per heavy atom. The van der Waals surface area contributed by atoms with Crippen LogP contribution in [-0.4, -0.2) is 32.3 Å². The highest BCUT2D eigenvalue weighted by atomic mass is 16.6. The minimum Gasteiger partial charge on any atom is -0.367 e. The molecule has 2 heteroatoms. The molecular weight excluding hydrogens is 114 g/mol. The van der Waals surface area contributed by atoms with Crippen LogP contribution in [0.5, 0.6) is 0 Å². The van der Waals surface area contributed by atoms with Gasteiger partial charge >= 0.3 is 0 Å². The van der Waals surface area contributed by atoms with Crippen molar-refractivity contribution in [3.05, 3.63) is 0 Å². The lowest BCUT2D eigenvalue weighted by Crippen LogP contribution is -3.12. The first-order valence-electron chi connectivity index (χ1n) is 3.82. The fourth-order valence-corrected chi connectivity index (χ4v) is 1.05. The van der Waals surface area contributed by atoms with Gasteiger partial charge in [-0.3, -0.25) is 0 Å². The van der Waals surface area contributed by atoms with Gasteiger partial charge in [0.15, 0.2) is 0 Å². The molecule has 0 aromatic carbocycles. The van der Waals surface area contributed by atoms with Crippen LogP contribution < -0.4 is 4.90 Å². The van der Waals surface area contributed by atoms with Gasteiger partial charge in [0.2, 0.25) is 0 Å². The highest BCUT2D eigenvalue weighted by Crippen LogP contribution is 2.04. The maximum absolute atomic E-state index is 5.12. The molecule has 0 radical (unpaired) electrons. The second kappa shape index (κ2) is 3.18. The minimum absolute atomic E-state index is 0.597. The van der Waals surface area contributed by atoms with Gasteiger partial charge in [-0.05, 0) is 13.8 Å². The minimum atomic E-state index is 0.597. The molecule has 1 N–H and O–H groups in total. The second-order valence-corrected chi connectivity index (χ2v) is 2.62. The predicted octanol–water partition coefficient (Wildman–Crippen LogP) is -0.690. The maximum Gasteiger partial charge on any atom is 0.130 e. The van der Waals surface area contributed by atoms with Crippen LogP contribution in [0.3, 0.4) is 0 Å². The Labute approximate surface area is 56.8 Å². The van der Waals surface area contributed by atoms with Gasteiger partial charge in [0.25, 0.3) is 0 Å². The zero-order chi connectivity index (χ0) is 6.69. The van der Waals surface area contributed by atoms with E-state index < -0.39 is 0 Å². The fraction of sp³-hybridized carbons (Fsp3) is 1.00. The summed E-state index contributed by atoms with van der Waals surface area (Å²) in [7, 11) is 0. The largest absolute Gasteiger partial charge is 0.367 e. The van der Waals surface area contributed by atoms with E-state index in [0.29, 0.717) is 6.10 Å². The van der Waals surface area contributed by atoms with Crippen LogP contribution >= 0.6 is 0 Å². The first kappa shape index (κ1) is 7.03. The predicted molar refractivity (Wildman–Crippen MR) is 36.7 cm³/mol. The molecule has 0 aromatic heterocycles. The van der Waals surface area contributed by atoms with E-state index in [1.807, 2.05) is 0 Å². The Balaban J connectivity index is 2.05. The molecular formula is C7H16NO+. The monoisotopic (exact) mass is 130 g/mol. The summed E-state index contributed by atoms with van der Waals surface area (Å²) in [5.41, 5.74) is 0. The van der Waals surface area contributed by atoms with Gasteiger partial charge in [0.1, 0.15) is 12.6 Å². The van der Waals surface area contributed by atoms with Gasteiger partial charge < -0.3 is 9.64 Å². The maximum atomic E-state index is 5.12. The smallest absolute Gasteiger partial charge is 0.130 e. The number of hydrogen-bond donors (Lipinski definition) is 1. The average molecular weight is 130 g/mol. The van der Waals surface area contributed by atoms with Crippen LogP contribution in [0.4, 0.5) is 0 Å². The van der Waals surface area contributed by atoms with E-state index in [9.17, 15) is 0 Å². The molecule has 0 aliphatic carbocycles. The van der Waals surface area contributed by atoms with Crippen LogP contribution in [0.15, 0.2) is 0 Å². The fourth-order valence-electron chi connectivity index (χ4n) is 1.05. The molecule has 1 fully saturated rings. The molecule has 1 aliphatic heterocycles. The molecule has 1 aliphatic rings. The zero-order valence-corrected chi connectivity index (χ0v) is 6.31. The summed E-state index contributed by atoms with van der Waals surface area (Å²) >= 11 is 0. The van der Waals surface area contributed by atoms with Crippen LogP contribution in [-0.2, 0) is 4.74 Å². The Bertz CT molecular complexity index is 77.0. The Hall–Kier alpha value is -0.0800. The summed E-state index contributed by atoms with van der Waals surface area (Å²) in [5.74, 6) is 0. The summed E-state index contributed by atoms with van der Waals surface area (Å²) in [6, 6.07) is 0. The molecule has 9 heavy (non-hydrogen) atoms. The van der Waals surface area contributed by atoms with Crippen molar-refractivity contribution in [2.45, 2.75) is 20.0 Å². The van der Waals surface area contributed by atoms with Crippen molar-refractivity contribution in [1.29, 1.82) is 0 Å². The van der Waals surface area contributed by atoms with Crippen molar-refractivity contribution in [2.24, 2.45) is 0 Å². The van der Waals surface area contributed by atoms with E-state index in [1.54, 1.807) is 4.90 Å². The quantitative estimate of drug-likeness (QED) is 0.498. The van der Waals surface area contributed by atoms with E-state index in [-0.39, 0.29) is 0 Å². The number of likely N-dealkylation sites (N-methyl/N-ethyl adjacent to an activating group) is 1. The van der Waals surface area contributed by atoms with Crippen molar-refractivity contribution in [3.8, 4) is 0 Å². The third-order valence-corrected chi connectivity index (χ3v) is 1.92. The molecule has 0 aromatic rings. The molecule has 1 saturated heterocycles. The van der Waals surface area contributed by atoms with Crippen molar-refractivity contribution in [2.75, 3.05) is 26.2 Å². The number of nitrogens with one attached hydrogen (secondary N) is 1. The molecule has 1 rings (SSSR count). The highest BCUT2D eigenvalue weighted by Gasteiger charge is 2.26. The number of rotatable bonds is 4. The van der Waals surface area contributed by atoms with Gasteiger partial charge in [-0.15, -0.1) is 0 Å². The van der Waals surface area contributed by atoms with Crippen molar-refractivity contribution in [1.82, 2.24) is 0 Å². The Morgan fingerprint density at radius 1 is 1.44 bits per heavy atom. The average Bonchev–Trinajstić information content (AvgIpc) is 2.66. The van der Waals surface area contributed by atoms with Gasteiger partial charge in [-0.1, -0.05) is 0 Å². The lowest BCUT2D eigenvalue weighted by molar-refractivity contribution is -0.896.